The molecule has 0 saturated carbocycles. The number of benzene rings is 2. The van der Waals surface area contributed by atoms with E-state index in [1.54, 1.807) is 29.8 Å². The van der Waals surface area contributed by atoms with Crippen molar-refractivity contribution in [3.63, 3.8) is 0 Å². The zero-order valence-electron chi connectivity index (χ0n) is 21.0. The van der Waals surface area contributed by atoms with E-state index in [9.17, 15) is 9.59 Å². The van der Waals surface area contributed by atoms with Gasteiger partial charge >= 0.3 is 5.97 Å². The first-order chi connectivity index (χ1) is 18.2. The zero-order chi connectivity index (χ0) is 27.4. The summed E-state index contributed by atoms with van der Waals surface area (Å²) >= 11 is 14.6. The Morgan fingerprint density at radius 1 is 1.11 bits per heavy atom. The van der Waals surface area contributed by atoms with Crippen molar-refractivity contribution in [3.8, 4) is 16.9 Å². The van der Waals surface area contributed by atoms with Gasteiger partial charge in [0.1, 0.15) is 22.9 Å². The van der Waals surface area contributed by atoms with Crippen molar-refractivity contribution in [2.45, 2.75) is 25.6 Å². The molecular weight excluding hydrogens is 567 g/mol. The molecule has 198 valence electrons. The number of anilines is 1. The summed E-state index contributed by atoms with van der Waals surface area (Å²) in [7, 11) is 3.10. The first-order valence-corrected chi connectivity index (χ1v) is 14.0. The molecule has 0 spiro atoms. The van der Waals surface area contributed by atoms with Gasteiger partial charge in [0, 0.05) is 29.1 Å². The molecule has 0 aliphatic carbocycles. The van der Waals surface area contributed by atoms with Crippen LogP contribution >= 0.6 is 46.3 Å². The van der Waals surface area contributed by atoms with Gasteiger partial charge in [-0.25, -0.2) is 4.79 Å². The maximum Gasteiger partial charge on any atom is 0.341 e. The molecule has 0 aliphatic heterocycles. The van der Waals surface area contributed by atoms with E-state index in [1.807, 2.05) is 37.4 Å². The van der Waals surface area contributed by atoms with Gasteiger partial charge in [-0.3, -0.25) is 4.79 Å². The summed E-state index contributed by atoms with van der Waals surface area (Å²) < 4.78 is 12.5. The van der Waals surface area contributed by atoms with Crippen LogP contribution in [0, 0.1) is 13.8 Å². The Labute approximate surface area is 238 Å². The number of hydrogen-bond donors (Lipinski definition) is 1. The first kappa shape index (κ1) is 28.0. The number of amides is 1. The highest BCUT2D eigenvalue weighted by molar-refractivity contribution is 7.99. The number of hydrogen-bond acceptors (Lipinski definition) is 8. The van der Waals surface area contributed by atoms with Crippen LogP contribution in [0.25, 0.3) is 11.1 Å². The lowest BCUT2D eigenvalue weighted by Crippen LogP contribution is -2.16. The molecule has 0 bridgehead atoms. The summed E-state index contributed by atoms with van der Waals surface area (Å²) in [5.41, 5.74) is 4.07. The third-order valence-corrected chi connectivity index (χ3v) is 8.09. The van der Waals surface area contributed by atoms with Gasteiger partial charge in [-0.15, -0.1) is 21.5 Å². The third-order valence-electron chi connectivity index (χ3n) is 5.62. The number of aromatic nitrogens is 3. The van der Waals surface area contributed by atoms with Crippen LogP contribution in [0.3, 0.4) is 0 Å². The van der Waals surface area contributed by atoms with Crippen molar-refractivity contribution in [1.29, 1.82) is 0 Å². The van der Waals surface area contributed by atoms with Crippen LogP contribution < -0.4 is 10.1 Å². The highest BCUT2D eigenvalue weighted by Gasteiger charge is 2.23. The maximum atomic E-state index is 12.8. The van der Waals surface area contributed by atoms with Crippen molar-refractivity contribution in [2.75, 3.05) is 18.2 Å². The van der Waals surface area contributed by atoms with Gasteiger partial charge in [-0.05, 0) is 37.1 Å². The number of aryl methyl sites for hydroxylation is 2. The summed E-state index contributed by atoms with van der Waals surface area (Å²) in [6, 6.07) is 11.0. The molecule has 0 radical (unpaired) electrons. The van der Waals surface area contributed by atoms with Gasteiger partial charge < -0.3 is 19.4 Å². The third kappa shape index (κ3) is 6.32. The van der Waals surface area contributed by atoms with Crippen molar-refractivity contribution < 1.29 is 19.1 Å². The van der Waals surface area contributed by atoms with Crippen LogP contribution in [-0.4, -0.2) is 39.5 Å². The number of nitrogens with zero attached hydrogens (tertiary/aromatic N) is 3. The smallest absolute Gasteiger partial charge is 0.341 e. The molecular formula is C26H24Cl2N4O4S2. The Balaban J connectivity index is 1.43. The molecule has 2 aromatic heterocycles. The second kappa shape index (κ2) is 12.2. The molecule has 4 aromatic rings. The lowest BCUT2D eigenvalue weighted by atomic mass is 9.97. The van der Waals surface area contributed by atoms with Crippen molar-refractivity contribution in [2.24, 2.45) is 7.05 Å². The number of carbonyl (C=O) groups is 2. The number of esters is 1. The van der Waals surface area contributed by atoms with Gasteiger partial charge in [0.2, 0.25) is 5.91 Å². The molecule has 38 heavy (non-hydrogen) atoms. The van der Waals surface area contributed by atoms with Crippen LogP contribution in [-0.2, 0) is 23.2 Å². The van der Waals surface area contributed by atoms with Crippen molar-refractivity contribution in [1.82, 2.24) is 14.8 Å². The zero-order valence-corrected chi connectivity index (χ0v) is 24.1. The molecule has 0 fully saturated rings. The van der Waals surface area contributed by atoms with Gasteiger partial charge in [0.25, 0.3) is 0 Å². The van der Waals surface area contributed by atoms with Crippen molar-refractivity contribution in [3.05, 3.63) is 74.3 Å². The standard InChI is InChI=1S/C26H24Cl2N4O4S2/c1-14-5-6-15(2)17(9-14)18-12-37-24(23(18)25(34)35-4)29-22(33)13-38-26-31-30-21(32(26)3)11-36-20-10-16(27)7-8-19(20)28/h5-10,12H,11,13H2,1-4H3,(H,29,33). The Bertz CT molecular complexity index is 1500. The van der Waals surface area contributed by atoms with E-state index in [0.717, 1.165) is 22.3 Å². The number of methoxy groups -OCH3 is 1. The second-order valence-electron chi connectivity index (χ2n) is 8.32. The normalized spacial score (nSPS) is 10.9. The molecule has 0 saturated heterocycles. The van der Waals surface area contributed by atoms with Crippen molar-refractivity contribution >= 4 is 63.2 Å². The van der Waals surface area contributed by atoms with Gasteiger partial charge in [0.05, 0.1) is 17.9 Å². The van der Waals surface area contributed by atoms with Gasteiger partial charge in [-0.2, -0.15) is 0 Å². The average molecular weight is 592 g/mol. The fourth-order valence-corrected chi connectivity index (χ4v) is 5.63. The van der Waals surface area contributed by atoms with E-state index < -0.39 is 5.97 Å². The highest BCUT2D eigenvalue weighted by Crippen LogP contribution is 2.38. The largest absolute Gasteiger partial charge is 0.484 e. The predicted octanol–water partition coefficient (Wildman–Crippen LogP) is 6.56. The highest BCUT2D eigenvalue weighted by atomic mass is 35.5. The van der Waals surface area contributed by atoms with Crippen LogP contribution in [0.4, 0.5) is 5.00 Å². The number of carbonyl (C=O) groups excluding carboxylic acids is 2. The summed E-state index contributed by atoms with van der Waals surface area (Å²) in [6.07, 6.45) is 0. The molecule has 2 aromatic carbocycles. The average Bonchev–Trinajstić information content (AvgIpc) is 3.47. The van der Waals surface area contributed by atoms with E-state index in [4.69, 9.17) is 32.7 Å². The summed E-state index contributed by atoms with van der Waals surface area (Å²) in [4.78, 5) is 25.5. The topological polar surface area (TPSA) is 95.3 Å². The fourth-order valence-electron chi connectivity index (χ4n) is 3.60. The van der Waals surface area contributed by atoms with Crippen LogP contribution in [0.5, 0.6) is 5.75 Å². The lowest BCUT2D eigenvalue weighted by molar-refractivity contribution is -0.113. The Morgan fingerprint density at radius 2 is 1.89 bits per heavy atom. The van der Waals surface area contributed by atoms with E-state index in [0.29, 0.717) is 37.3 Å². The minimum absolute atomic E-state index is 0.0598. The number of rotatable bonds is 9. The van der Waals surface area contributed by atoms with Gasteiger partial charge in [-0.1, -0.05) is 58.7 Å². The minimum Gasteiger partial charge on any atom is -0.484 e. The number of halogens is 2. The molecule has 0 aliphatic rings. The quantitative estimate of drug-likeness (QED) is 0.174. The fraction of sp³-hybridized carbons (Fsp3) is 0.231. The SMILES string of the molecule is COC(=O)c1c(-c2cc(C)ccc2C)csc1NC(=O)CSc1nnc(COc2cc(Cl)ccc2Cl)n1C. The summed E-state index contributed by atoms with van der Waals surface area (Å²) in [6.45, 7) is 4.09. The molecule has 8 nitrogen and oxygen atoms in total. The van der Waals surface area contributed by atoms with Gasteiger partial charge in [0.15, 0.2) is 11.0 Å². The van der Waals surface area contributed by atoms with E-state index in [2.05, 4.69) is 15.5 Å². The lowest BCUT2D eigenvalue weighted by Gasteiger charge is -2.10. The van der Waals surface area contributed by atoms with Crippen LogP contribution in [0.15, 0.2) is 46.9 Å². The van der Waals surface area contributed by atoms with E-state index in [1.165, 1.54) is 30.2 Å². The monoisotopic (exact) mass is 590 g/mol. The minimum atomic E-state index is -0.511. The maximum absolute atomic E-state index is 12.8. The Morgan fingerprint density at radius 3 is 2.66 bits per heavy atom. The summed E-state index contributed by atoms with van der Waals surface area (Å²) in [5.74, 6) is 0.246. The number of nitrogens with one attached hydrogen (secondary N) is 1. The van der Waals surface area contributed by atoms with Crippen LogP contribution in [0.1, 0.15) is 27.3 Å². The van der Waals surface area contributed by atoms with E-state index in [-0.39, 0.29) is 18.3 Å². The Hall–Kier alpha value is -3.05. The number of ether oxygens (including phenoxy) is 2. The van der Waals surface area contributed by atoms with E-state index >= 15 is 0 Å². The predicted molar refractivity (Wildman–Crippen MR) is 152 cm³/mol. The van der Waals surface area contributed by atoms with Crippen LogP contribution in [0.2, 0.25) is 10.0 Å². The molecule has 12 heteroatoms. The molecule has 0 unspecified atom stereocenters. The molecule has 2 heterocycles. The number of thiophene rings is 1. The number of thioether (sulfide) groups is 1. The second-order valence-corrected chi connectivity index (χ2v) is 11.0. The summed E-state index contributed by atoms with van der Waals surface area (Å²) in [5, 5.41) is 14.9. The molecule has 4 rings (SSSR count). The molecule has 1 amide bonds. The molecule has 0 atom stereocenters. The molecule has 1 N–H and O–H groups in total. The first-order valence-electron chi connectivity index (χ1n) is 11.3. The Kier molecular flexibility index (Phi) is 8.99.